The second-order valence-electron chi connectivity index (χ2n) is 3.51. The van der Waals surface area contributed by atoms with Gasteiger partial charge in [0.15, 0.2) is 0 Å². The van der Waals surface area contributed by atoms with Gasteiger partial charge in [-0.1, -0.05) is 13.8 Å². The molecular weight excluding hydrogens is 349 g/mol. The maximum Gasteiger partial charge on any atom is 0.0843 e. The first-order valence-corrected chi connectivity index (χ1v) is 6.61. The summed E-state index contributed by atoms with van der Waals surface area (Å²) in [5.41, 5.74) is 6.05. The minimum atomic E-state index is 0. The molecule has 82 valence electrons. The summed E-state index contributed by atoms with van der Waals surface area (Å²) in [6.45, 7) is 4.38. The quantitative estimate of drug-likeness (QED) is 0.825. The van der Waals surface area contributed by atoms with Gasteiger partial charge in [-0.3, -0.25) is 0 Å². The Morgan fingerprint density at radius 3 is 2.36 bits per heavy atom. The van der Waals surface area contributed by atoms with E-state index in [0.29, 0.717) is 5.92 Å². The molecule has 14 heavy (non-hydrogen) atoms. The van der Waals surface area contributed by atoms with Crippen LogP contribution in [0.2, 0.25) is 0 Å². The lowest BCUT2D eigenvalue weighted by Crippen LogP contribution is -2.11. The number of halogens is 3. The fourth-order valence-electron chi connectivity index (χ4n) is 1.17. The molecule has 1 nitrogen and oxygen atoms in total. The topological polar surface area (TPSA) is 26.0 Å². The van der Waals surface area contributed by atoms with Crippen LogP contribution in [0, 0.1) is 5.92 Å². The summed E-state index contributed by atoms with van der Waals surface area (Å²) in [5.74, 6) is 0.648. The Balaban J connectivity index is 0.00000169. The molecule has 1 aromatic heterocycles. The normalized spacial score (nSPS) is 12.7. The summed E-state index contributed by atoms with van der Waals surface area (Å²) in [5, 5.41) is 0. The van der Waals surface area contributed by atoms with Crippen molar-refractivity contribution in [1.82, 2.24) is 0 Å². The van der Waals surface area contributed by atoms with Crippen LogP contribution in [0.3, 0.4) is 0 Å². The molecule has 5 heteroatoms. The predicted molar refractivity (Wildman–Crippen MR) is 73.4 cm³/mol. The van der Waals surface area contributed by atoms with Crippen molar-refractivity contribution < 1.29 is 0 Å². The molecule has 0 aliphatic heterocycles. The second-order valence-corrected chi connectivity index (χ2v) is 6.76. The van der Waals surface area contributed by atoms with Crippen molar-refractivity contribution in [3.05, 3.63) is 19.2 Å². The molecule has 0 aliphatic rings. The van der Waals surface area contributed by atoms with Crippen molar-refractivity contribution in [1.29, 1.82) is 0 Å². The van der Waals surface area contributed by atoms with Gasteiger partial charge in [0, 0.05) is 15.4 Å². The molecule has 2 N–H and O–H groups in total. The summed E-state index contributed by atoms with van der Waals surface area (Å²) in [7, 11) is 0. The number of hydrogen-bond donors (Lipinski definition) is 1. The zero-order valence-corrected chi connectivity index (χ0v) is 12.9. The van der Waals surface area contributed by atoms with E-state index in [2.05, 4.69) is 51.8 Å². The minimum absolute atomic E-state index is 0. The molecule has 1 atom stereocenters. The van der Waals surface area contributed by atoms with Crippen molar-refractivity contribution >= 4 is 55.6 Å². The van der Waals surface area contributed by atoms with E-state index < -0.39 is 0 Å². The van der Waals surface area contributed by atoms with Crippen LogP contribution in [0.15, 0.2) is 14.3 Å². The van der Waals surface area contributed by atoms with Crippen LogP contribution in [-0.2, 0) is 0 Å². The Kier molecular flexibility index (Phi) is 6.90. The standard InChI is InChI=1S/C9H13Br2NS.ClH/c1-5(2)3-7(12)8-4-6(10)9(11)13-8;/h4-5,7H,3,12H2,1-2H3;1H/t7-;/m0./s1. The zero-order valence-electron chi connectivity index (χ0n) is 8.09. The number of hydrogen-bond acceptors (Lipinski definition) is 2. The lowest BCUT2D eigenvalue weighted by molar-refractivity contribution is 0.515. The molecule has 0 bridgehead atoms. The third-order valence-corrected chi connectivity index (χ3v) is 5.14. The molecule has 0 unspecified atom stereocenters. The van der Waals surface area contributed by atoms with Crippen molar-refractivity contribution in [3.8, 4) is 0 Å². The van der Waals surface area contributed by atoms with Gasteiger partial charge in [0.25, 0.3) is 0 Å². The van der Waals surface area contributed by atoms with Gasteiger partial charge < -0.3 is 5.73 Å². The third-order valence-electron chi connectivity index (χ3n) is 1.75. The third kappa shape index (κ3) is 4.19. The van der Waals surface area contributed by atoms with Crippen LogP contribution in [-0.4, -0.2) is 0 Å². The minimum Gasteiger partial charge on any atom is -0.323 e. The van der Waals surface area contributed by atoms with Gasteiger partial charge in [-0.25, -0.2) is 0 Å². The van der Waals surface area contributed by atoms with Gasteiger partial charge in [-0.15, -0.1) is 23.7 Å². The van der Waals surface area contributed by atoms with E-state index in [1.165, 1.54) is 4.88 Å². The van der Waals surface area contributed by atoms with E-state index in [1.807, 2.05) is 0 Å². The molecule has 0 radical (unpaired) electrons. The molecular formula is C9H14Br2ClNS. The average molecular weight is 364 g/mol. The summed E-state index contributed by atoms with van der Waals surface area (Å²) < 4.78 is 2.23. The summed E-state index contributed by atoms with van der Waals surface area (Å²) in [6.07, 6.45) is 1.04. The van der Waals surface area contributed by atoms with Gasteiger partial charge >= 0.3 is 0 Å². The molecule has 0 aliphatic carbocycles. The predicted octanol–water partition coefficient (Wildman–Crippen LogP) is 4.74. The van der Waals surface area contributed by atoms with E-state index >= 15 is 0 Å². The molecule has 1 aromatic rings. The highest BCUT2D eigenvalue weighted by atomic mass is 79.9. The van der Waals surface area contributed by atoms with Crippen molar-refractivity contribution in [2.75, 3.05) is 0 Å². The van der Waals surface area contributed by atoms with E-state index in [4.69, 9.17) is 5.73 Å². The van der Waals surface area contributed by atoms with Gasteiger partial charge in [0.05, 0.1) is 3.79 Å². The second kappa shape index (κ2) is 6.48. The maximum absolute atomic E-state index is 6.05. The Hall–Kier alpha value is 0.910. The highest BCUT2D eigenvalue weighted by Crippen LogP contribution is 2.36. The summed E-state index contributed by atoms with van der Waals surface area (Å²) in [6, 6.07) is 2.27. The first kappa shape index (κ1) is 14.9. The van der Waals surface area contributed by atoms with Crippen LogP contribution >= 0.6 is 55.6 Å². The Morgan fingerprint density at radius 2 is 2.00 bits per heavy atom. The number of thiophene rings is 1. The molecule has 0 saturated heterocycles. The maximum atomic E-state index is 6.05. The largest absolute Gasteiger partial charge is 0.323 e. The molecule has 1 heterocycles. The first-order chi connectivity index (χ1) is 6.00. The van der Waals surface area contributed by atoms with Crippen LogP contribution in [0.25, 0.3) is 0 Å². The zero-order chi connectivity index (χ0) is 10.0. The average Bonchev–Trinajstić information content (AvgIpc) is 2.31. The lowest BCUT2D eigenvalue weighted by atomic mass is 10.0. The highest BCUT2D eigenvalue weighted by Gasteiger charge is 2.12. The smallest absolute Gasteiger partial charge is 0.0843 e. The molecule has 0 amide bonds. The fraction of sp³-hybridized carbons (Fsp3) is 0.556. The first-order valence-electron chi connectivity index (χ1n) is 4.21. The van der Waals surface area contributed by atoms with Gasteiger partial charge in [0.1, 0.15) is 0 Å². The Morgan fingerprint density at radius 1 is 1.43 bits per heavy atom. The van der Waals surface area contributed by atoms with Crippen molar-refractivity contribution in [2.45, 2.75) is 26.3 Å². The van der Waals surface area contributed by atoms with E-state index in [-0.39, 0.29) is 18.4 Å². The van der Waals surface area contributed by atoms with Gasteiger partial charge in [-0.05, 0) is 50.3 Å². The Bertz CT molecular complexity index is 269. The van der Waals surface area contributed by atoms with Crippen LogP contribution in [0.1, 0.15) is 31.2 Å². The Labute approximate surface area is 112 Å². The molecule has 0 fully saturated rings. The highest BCUT2D eigenvalue weighted by molar-refractivity contribution is 9.13. The summed E-state index contributed by atoms with van der Waals surface area (Å²) >= 11 is 8.63. The van der Waals surface area contributed by atoms with Crippen LogP contribution in [0.5, 0.6) is 0 Å². The van der Waals surface area contributed by atoms with Crippen molar-refractivity contribution in [3.63, 3.8) is 0 Å². The van der Waals surface area contributed by atoms with Crippen LogP contribution < -0.4 is 5.73 Å². The summed E-state index contributed by atoms with van der Waals surface area (Å²) in [4.78, 5) is 1.24. The molecule has 0 spiro atoms. The van der Waals surface area contributed by atoms with E-state index in [1.54, 1.807) is 11.3 Å². The van der Waals surface area contributed by atoms with Gasteiger partial charge in [0.2, 0.25) is 0 Å². The van der Waals surface area contributed by atoms with Crippen LogP contribution in [0.4, 0.5) is 0 Å². The lowest BCUT2D eigenvalue weighted by Gasteiger charge is -2.11. The van der Waals surface area contributed by atoms with Crippen molar-refractivity contribution in [2.24, 2.45) is 11.7 Å². The monoisotopic (exact) mass is 361 g/mol. The molecule has 1 rings (SSSR count). The number of rotatable bonds is 3. The van der Waals surface area contributed by atoms with Gasteiger partial charge in [-0.2, -0.15) is 0 Å². The fourth-order valence-corrected chi connectivity index (χ4v) is 3.27. The molecule has 0 aromatic carbocycles. The van der Waals surface area contributed by atoms with E-state index in [9.17, 15) is 0 Å². The SMILES string of the molecule is CC(C)C[C@H](N)c1cc(Br)c(Br)s1.Cl. The molecule has 0 saturated carbocycles. The van der Waals surface area contributed by atoms with E-state index in [0.717, 1.165) is 14.7 Å². The number of nitrogens with two attached hydrogens (primary N) is 1.